The zero-order valence-electron chi connectivity index (χ0n) is 9.97. The number of pyridine rings is 1. The molecule has 0 atom stereocenters. The highest BCUT2D eigenvalue weighted by atomic mass is 35.5. The lowest BCUT2D eigenvalue weighted by Crippen LogP contribution is -2.38. The van der Waals surface area contributed by atoms with Gasteiger partial charge in [-0.2, -0.15) is 0 Å². The lowest BCUT2D eigenvalue weighted by atomic mass is 10.3. The van der Waals surface area contributed by atoms with Crippen LogP contribution in [0.2, 0.25) is 5.15 Å². The molecule has 2 heterocycles. The molecule has 1 fully saturated rings. The Hall–Kier alpha value is -1.17. The first-order valence-electron chi connectivity index (χ1n) is 5.85. The third-order valence-corrected chi connectivity index (χ3v) is 3.02. The van der Waals surface area contributed by atoms with Crippen LogP contribution in [0, 0.1) is 0 Å². The van der Waals surface area contributed by atoms with Crippen LogP contribution >= 0.6 is 11.6 Å². The molecular weight excluding hydrogens is 256 g/mol. The number of carbonyl (C=O) groups excluding carboxylic acids is 1. The van der Waals surface area contributed by atoms with Crippen LogP contribution in [0.1, 0.15) is 10.4 Å². The fraction of sp³-hybridized carbons (Fsp3) is 0.500. The van der Waals surface area contributed by atoms with Gasteiger partial charge in [-0.3, -0.25) is 4.90 Å². The molecule has 1 aromatic rings. The normalized spacial score (nSPS) is 16.5. The number of halogens is 1. The summed E-state index contributed by atoms with van der Waals surface area (Å²) in [5, 5.41) is 0.175. The number of carbonyl (C=O) groups is 1. The van der Waals surface area contributed by atoms with Gasteiger partial charge in [0.15, 0.2) is 0 Å². The molecule has 0 unspecified atom stereocenters. The minimum absolute atomic E-state index is 0.175. The van der Waals surface area contributed by atoms with Crippen molar-refractivity contribution in [3.8, 4) is 0 Å². The van der Waals surface area contributed by atoms with Crippen molar-refractivity contribution >= 4 is 17.6 Å². The number of hydrogen-bond donors (Lipinski definition) is 0. The second-order valence-corrected chi connectivity index (χ2v) is 4.29. The molecule has 1 saturated heterocycles. The maximum atomic E-state index is 11.7. The summed E-state index contributed by atoms with van der Waals surface area (Å²) in [5.41, 5.74) is 0.307. The molecule has 0 saturated carbocycles. The van der Waals surface area contributed by atoms with Crippen LogP contribution < -0.4 is 0 Å². The summed E-state index contributed by atoms with van der Waals surface area (Å²) < 4.78 is 10.4. The number of nitrogens with zero attached hydrogens (tertiary/aromatic N) is 2. The van der Waals surface area contributed by atoms with Crippen molar-refractivity contribution in [2.24, 2.45) is 0 Å². The molecule has 0 N–H and O–H groups in total. The second kappa shape index (κ2) is 6.68. The summed E-state index contributed by atoms with van der Waals surface area (Å²) in [6.07, 6.45) is 1.53. The Labute approximate surface area is 111 Å². The highest BCUT2D eigenvalue weighted by Gasteiger charge is 2.14. The van der Waals surface area contributed by atoms with Gasteiger partial charge in [0.1, 0.15) is 11.8 Å². The molecule has 0 radical (unpaired) electrons. The number of esters is 1. The van der Waals surface area contributed by atoms with Gasteiger partial charge >= 0.3 is 5.97 Å². The zero-order chi connectivity index (χ0) is 12.8. The summed E-state index contributed by atoms with van der Waals surface area (Å²) in [7, 11) is 0. The van der Waals surface area contributed by atoms with E-state index in [0.29, 0.717) is 18.7 Å². The molecule has 0 bridgehead atoms. The van der Waals surface area contributed by atoms with E-state index < -0.39 is 5.97 Å². The maximum absolute atomic E-state index is 11.7. The molecular formula is C12H15ClN2O3. The van der Waals surface area contributed by atoms with Gasteiger partial charge in [-0.25, -0.2) is 9.78 Å². The van der Waals surface area contributed by atoms with Gasteiger partial charge in [-0.1, -0.05) is 11.6 Å². The Morgan fingerprint density at radius 2 is 2.28 bits per heavy atom. The average molecular weight is 271 g/mol. The Kier molecular flexibility index (Phi) is 4.92. The lowest BCUT2D eigenvalue weighted by Gasteiger charge is -2.26. The SMILES string of the molecule is O=C(OCCN1CCOCC1)c1cccnc1Cl. The van der Waals surface area contributed by atoms with Crippen molar-refractivity contribution in [2.45, 2.75) is 0 Å². The van der Waals surface area contributed by atoms with E-state index in [0.717, 1.165) is 26.3 Å². The highest BCUT2D eigenvalue weighted by molar-refractivity contribution is 6.32. The van der Waals surface area contributed by atoms with Crippen LogP contribution in [-0.4, -0.2) is 55.3 Å². The summed E-state index contributed by atoms with van der Waals surface area (Å²) in [6, 6.07) is 3.26. The third kappa shape index (κ3) is 3.66. The maximum Gasteiger partial charge on any atom is 0.341 e. The molecule has 1 aliphatic heterocycles. The molecule has 0 aromatic carbocycles. The quantitative estimate of drug-likeness (QED) is 0.608. The lowest BCUT2D eigenvalue weighted by molar-refractivity contribution is 0.0195. The van der Waals surface area contributed by atoms with Gasteiger partial charge in [0.2, 0.25) is 0 Å². The summed E-state index contributed by atoms with van der Waals surface area (Å²) >= 11 is 5.81. The molecule has 0 aliphatic carbocycles. The molecule has 5 nitrogen and oxygen atoms in total. The fourth-order valence-corrected chi connectivity index (χ4v) is 1.90. The summed E-state index contributed by atoms with van der Waals surface area (Å²) in [6.45, 7) is 4.30. The van der Waals surface area contributed by atoms with Crippen molar-refractivity contribution in [2.75, 3.05) is 39.5 Å². The first kappa shape index (κ1) is 13.3. The Morgan fingerprint density at radius 3 is 3.00 bits per heavy atom. The van der Waals surface area contributed by atoms with Crippen LogP contribution in [0.4, 0.5) is 0 Å². The van der Waals surface area contributed by atoms with Crippen LogP contribution in [0.3, 0.4) is 0 Å². The standard InChI is InChI=1S/C12H15ClN2O3/c13-11-10(2-1-3-14-11)12(16)18-9-6-15-4-7-17-8-5-15/h1-3H,4-9H2. The fourth-order valence-electron chi connectivity index (χ4n) is 1.71. The minimum Gasteiger partial charge on any atom is -0.461 e. The Morgan fingerprint density at radius 1 is 1.50 bits per heavy atom. The molecule has 1 aliphatic rings. The van der Waals surface area contributed by atoms with Crippen molar-refractivity contribution in [3.05, 3.63) is 29.0 Å². The van der Waals surface area contributed by atoms with E-state index in [9.17, 15) is 4.79 Å². The van der Waals surface area contributed by atoms with E-state index in [1.54, 1.807) is 12.1 Å². The monoisotopic (exact) mass is 270 g/mol. The smallest absolute Gasteiger partial charge is 0.341 e. The number of rotatable bonds is 4. The van der Waals surface area contributed by atoms with Crippen molar-refractivity contribution in [1.29, 1.82) is 0 Å². The van der Waals surface area contributed by atoms with Gasteiger partial charge in [-0.15, -0.1) is 0 Å². The van der Waals surface area contributed by atoms with E-state index in [1.807, 2.05) is 0 Å². The first-order valence-corrected chi connectivity index (χ1v) is 6.23. The van der Waals surface area contributed by atoms with E-state index in [1.165, 1.54) is 6.20 Å². The summed E-state index contributed by atoms with van der Waals surface area (Å²) in [4.78, 5) is 17.7. The van der Waals surface area contributed by atoms with Crippen LogP contribution in [0.25, 0.3) is 0 Å². The van der Waals surface area contributed by atoms with Gasteiger partial charge < -0.3 is 9.47 Å². The van der Waals surface area contributed by atoms with Crippen molar-refractivity contribution < 1.29 is 14.3 Å². The van der Waals surface area contributed by atoms with E-state index >= 15 is 0 Å². The minimum atomic E-state index is -0.429. The van der Waals surface area contributed by atoms with E-state index in [-0.39, 0.29) is 5.15 Å². The van der Waals surface area contributed by atoms with Gasteiger partial charge in [0.05, 0.1) is 18.8 Å². The number of morpholine rings is 1. The first-order chi connectivity index (χ1) is 8.77. The molecule has 98 valence electrons. The highest BCUT2D eigenvalue weighted by Crippen LogP contribution is 2.12. The van der Waals surface area contributed by atoms with Gasteiger partial charge in [0, 0.05) is 25.8 Å². The topological polar surface area (TPSA) is 51.7 Å². The Bertz CT molecular complexity index is 408. The van der Waals surface area contributed by atoms with Gasteiger partial charge in [0.25, 0.3) is 0 Å². The summed E-state index contributed by atoms with van der Waals surface area (Å²) in [5.74, 6) is -0.429. The Balaban J connectivity index is 1.76. The predicted molar refractivity (Wildman–Crippen MR) is 66.8 cm³/mol. The molecule has 1 aromatic heterocycles. The predicted octanol–water partition coefficient (Wildman–Crippen LogP) is 1.22. The molecule has 0 spiro atoms. The molecule has 2 rings (SSSR count). The van der Waals surface area contributed by atoms with Crippen molar-refractivity contribution in [3.63, 3.8) is 0 Å². The molecule has 0 amide bonds. The van der Waals surface area contributed by atoms with Crippen LogP contribution in [0.15, 0.2) is 18.3 Å². The van der Waals surface area contributed by atoms with E-state index in [2.05, 4.69) is 9.88 Å². The zero-order valence-corrected chi connectivity index (χ0v) is 10.7. The van der Waals surface area contributed by atoms with Crippen LogP contribution in [0.5, 0.6) is 0 Å². The number of aromatic nitrogens is 1. The largest absolute Gasteiger partial charge is 0.461 e. The van der Waals surface area contributed by atoms with E-state index in [4.69, 9.17) is 21.1 Å². The van der Waals surface area contributed by atoms with Gasteiger partial charge in [-0.05, 0) is 12.1 Å². The molecule has 18 heavy (non-hydrogen) atoms. The second-order valence-electron chi connectivity index (χ2n) is 3.93. The van der Waals surface area contributed by atoms with Crippen LogP contribution in [-0.2, 0) is 9.47 Å². The third-order valence-electron chi connectivity index (χ3n) is 2.72. The van der Waals surface area contributed by atoms with Crippen molar-refractivity contribution in [1.82, 2.24) is 9.88 Å². The molecule has 6 heteroatoms. The number of ether oxygens (including phenoxy) is 2. The average Bonchev–Trinajstić information content (AvgIpc) is 2.40. The number of hydrogen-bond acceptors (Lipinski definition) is 5.